The van der Waals surface area contributed by atoms with Crippen LogP contribution in [0.2, 0.25) is 0 Å². The molecule has 4 rings (SSSR count). The predicted molar refractivity (Wildman–Crippen MR) is 162 cm³/mol. The Hall–Kier alpha value is -5.19. The molecule has 0 aromatic heterocycles. The van der Waals surface area contributed by atoms with Crippen LogP contribution in [0.5, 0.6) is 5.75 Å². The van der Waals surface area contributed by atoms with Gasteiger partial charge in [-0.15, -0.1) is 0 Å². The summed E-state index contributed by atoms with van der Waals surface area (Å²) in [5.74, 6) is -1.41. The summed E-state index contributed by atoms with van der Waals surface area (Å²) < 4.78 is 44.9. The Kier molecular flexibility index (Phi) is 10.5. The normalized spacial score (nSPS) is 13.8. The highest BCUT2D eigenvalue weighted by atomic mass is 19.1. The summed E-state index contributed by atoms with van der Waals surface area (Å²) in [7, 11) is 4.12. The molecule has 1 heterocycles. The number of anilines is 2. The molecular formula is C32H32F2N4O5. The van der Waals surface area contributed by atoms with Crippen LogP contribution in [0.3, 0.4) is 0 Å². The molecule has 0 unspecified atom stereocenters. The Balaban J connectivity index is 1.70. The summed E-state index contributed by atoms with van der Waals surface area (Å²) in [5, 5.41) is 3.04. The standard InChI is InChI=1S/C32H32F2N4O5/c1-41-25-8-5-7-24(21-25)37-16-18-38(19-17-37)32(35-28-20-22(10-13-26(28)33)11-14-29(39)42-2)36-31-23(6-4-9-27(31)34)12-15-30(40)43-3/h4-15,20-21H,16-19H2,1-3H3,(H,35,36)/b14-11+,15-12+. The number of methoxy groups -OCH3 is 3. The number of para-hydroxylation sites is 1. The van der Waals surface area contributed by atoms with Gasteiger partial charge in [0.1, 0.15) is 23.1 Å². The Morgan fingerprint density at radius 1 is 0.837 bits per heavy atom. The first kappa shape index (κ1) is 30.8. The molecular weight excluding hydrogens is 558 g/mol. The van der Waals surface area contributed by atoms with Crippen LogP contribution in [0, 0.1) is 11.6 Å². The van der Waals surface area contributed by atoms with Gasteiger partial charge in [-0.1, -0.05) is 24.3 Å². The second-order valence-corrected chi connectivity index (χ2v) is 9.37. The van der Waals surface area contributed by atoms with Crippen molar-refractivity contribution in [1.82, 2.24) is 4.90 Å². The monoisotopic (exact) mass is 590 g/mol. The summed E-state index contributed by atoms with van der Waals surface area (Å²) in [6, 6.07) is 16.4. The molecule has 1 aliphatic heterocycles. The van der Waals surface area contributed by atoms with Gasteiger partial charge >= 0.3 is 11.9 Å². The number of nitrogens with one attached hydrogen (secondary N) is 1. The maximum absolute atomic E-state index is 15.2. The first-order valence-corrected chi connectivity index (χ1v) is 13.4. The van der Waals surface area contributed by atoms with Crippen molar-refractivity contribution in [2.75, 3.05) is 57.7 Å². The fourth-order valence-electron chi connectivity index (χ4n) is 4.37. The van der Waals surface area contributed by atoms with E-state index in [0.717, 1.165) is 11.4 Å². The van der Waals surface area contributed by atoms with Crippen molar-refractivity contribution in [3.63, 3.8) is 0 Å². The van der Waals surface area contributed by atoms with E-state index in [1.54, 1.807) is 13.2 Å². The molecule has 11 heteroatoms. The van der Waals surface area contributed by atoms with Crippen LogP contribution in [0.1, 0.15) is 11.1 Å². The van der Waals surface area contributed by atoms with Crippen LogP contribution in [0.25, 0.3) is 12.2 Å². The average molecular weight is 591 g/mol. The lowest BCUT2D eigenvalue weighted by Crippen LogP contribution is -2.50. The molecule has 1 aliphatic rings. The van der Waals surface area contributed by atoms with E-state index in [1.165, 1.54) is 68.9 Å². The van der Waals surface area contributed by atoms with Crippen LogP contribution in [0.15, 0.2) is 77.8 Å². The van der Waals surface area contributed by atoms with Crippen LogP contribution in [-0.2, 0) is 19.1 Å². The van der Waals surface area contributed by atoms with Crippen molar-refractivity contribution in [3.8, 4) is 5.75 Å². The zero-order valence-electron chi connectivity index (χ0n) is 24.1. The third-order valence-electron chi connectivity index (χ3n) is 6.68. The second-order valence-electron chi connectivity index (χ2n) is 9.37. The van der Waals surface area contributed by atoms with Gasteiger partial charge in [0.15, 0.2) is 0 Å². The molecule has 43 heavy (non-hydrogen) atoms. The summed E-state index contributed by atoms with van der Waals surface area (Å²) >= 11 is 0. The Bertz CT molecular complexity index is 1550. The van der Waals surface area contributed by atoms with Crippen molar-refractivity contribution in [2.45, 2.75) is 0 Å². The highest BCUT2D eigenvalue weighted by Gasteiger charge is 2.23. The fraction of sp³-hybridized carbons (Fsp3) is 0.219. The number of carbonyl (C=O) groups excluding carboxylic acids is 2. The number of halogens is 2. The average Bonchev–Trinajstić information content (AvgIpc) is 3.04. The van der Waals surface area contributed by atoms with Gasteiger partial charge in [0.2, 0.25) is 5.96 Å². The number of hydrogen-bond acceptors (Lipinski definition) is 7. The molecule has 0 bridgehead atoms. The van der Waals surface area contributed by atoms with Crippen LogP contribution < -0.4 is 15.0 Å². The number of benzene rings is 3. The van der Waals surface area contributed by atoms with E-state index in [4.69, 9.17) is 4.74 Å². The molecule has 0 aliphatic carbocycles. The molecule has 1 saturated heterocycles. The minimum absolute atomic E-state index is 0.0393. The molecule has 9 nitrogen and oxygen atoms in total. The molecule has 224 valence electrons. The number of nitrogens with zero attached hydrogens (tertiary/aromatic N) is 3. The lowest BCUT2D eigenvalue weighted by atomic mass is 10.1. The second kappa shape index (κ2) is 14.6. The maximum atomic E-state index is 15.2. The summed E-state index contributed by atoms with van der Waals surface area (Å²) in [6.45, 7) is 2.16. The number of carbonyl (C=O) groups is 2. The number of esters is 2. The largest absolute Gasteiger partial charge is 0.497 e. The lowest BCUT2D eigenvalue weighted by molar-refractivity contribution is -0.135. The third kappa shape index (κ3) is 8.19. The molecule has 3 aromatic carbocycles. The quantitative estimate of drug-likeness (QED) is 0.164. The summed E-state index contributed by atoms with van der Waals surface area (Å²) in [5.41, 5.74) is 1.89. The zero-order chi connectivity index (χ0) is 30.8. The molecule has 0 atom stereocenters. The van der Waals surface area contributed by atoms with E-state index < -0.39 is 23.6 Å². The van der Waals surface area contributed by atoms with Crippen molar-refractivity contribution >= 4 is 47.1 Å². The number of rotatable bonds is 8. The van der Waals surface area contributed by atoms with Gasteiger partial charge in [0, 0.05) is 55.6 Å². The minimum atomic E-state index is -0.628. The molecule has 3 aromatic rings. The highest BCUT2D eigenvalue weighted by Crippen LogP contribution is 2.28. The molecule has 0 saturated carbocycles. The Morgan fingerprint density at radius 2 is 1.53 bits per heavy atom. The number of guanidine groups is 1. The van der Waals surface area contributed by atoms with Gasteiger partial charge in [-0.2, -0.15) is 0 Å². The van der Waals surface area contributed by atoms with E-state index in [9.17, 15) is 9.59 Å². The van der Waals surface area contributed by atoms with Crippen molar-refractivity contribution < 1.29 is 32.6 Å². The lowest BCUT2D eigenvalue weighted by Gasteiger charge is -2.38. The van der Waals surface area contributed by atoms with Crippen molar-refractivity contribution in [2.24, 2.45) is 4.99 Å². The van der Waals surface area contributed by atoms with Gasteiger partial charge in [-0.3, -0.25) is 0 Å². The van der Waals surface area contributed by atoms with Crippen LogP contribution in [0.4, 0.5) is 25.8 Å². The van der Waals surface area contributed by atoms with Crippen molar-refractivity contribution in [1.29, 1.82) is 0 Å². The van der Waals surface area contributed by atoms with E-state index in [2.05, 4.69) is 24.7 Å². The predicted octanol–water partition coefficient (Wildman–Crippen LogP) is 5.27. The third-order valence-corrected chi connectivity index (χ3v) is 6.68. The topological polar surface area (TPSA) is 92.7 Å². The van der Waals surface area contributed by atoms with Gasteiger partial charge in [-0.05, 0) is 48.0 Å². The van der Waals surface area contributed by atoms with E-state index >= 15 is 8.78 Å². The molecule has 0 spiro atoms. The Morgan fingerprint density at radius 3 is 2.23 bits per heavy atom. The minimum Gasteiger partial charge on any atom is -0.497 e. The SMILES string of the molecule is COC(=O)/C=C/c1ccc(F)c(NC(=Nc2c(F)cccc2/C=C/C(=O)OC)N2CCN(c3cccc(OC)c3)CC2)c1. The molecule has 1 N–H and O–H groups in total. The van der Waals surface area contributed by atoms with Gasteiger partial charge in [-0.25, -0.2) is 23.4 Å². The first-order valence-electron chi connectivity index (χ1n) is 13.4. The van der Waals surface area contributed by atoms with Gasteiger partial charge in [0.25, 0.3) is 0 Å². The first-order chi connectivity index (χ1) is 20.8. The number of aliphatic imine (C=N–C) groups is 1. The van der Waals surface area contributed by atoms with E-state index in [0.29, 0.717) is 37.3 Å². The molecule has 0 amide bonds. The fourth-order valence-corrected chi connectivity index (χ4v) is 4.37. The Labute approximate surface area is 248 Å². The number of ether oxygens (including phenoxy) is 3. The number of piperazine rings is 1. The van der Waals surface area contributed by atoms with Crippen molar-refractivity contribution in [3.05, 3.63) is 95.6 Å². The highest BCUT2D eigenvalue weighted by molar-refractivity contribution is 5.97. The van der Waals surface area contributed by atoms with Gasteiger partial charge in [0.05, 0.1) is 27.0 Å². The smallest absolute Gasteiger partial charge is 0.330 e. The van der Waals surface area contributed by atoms with E-state index in [-0.39, 0.29) is 17.3 Å². The van der Waals surface area contributed by atoms with Gasteiger partial charge < -0.3 is 29.3 Å². The zero-order valence-corrected chi connectivity index (χ0v) is 24.1. The molecule has 0 radical (unpaired) electrons. The number of hydrogen-bond donors (Lipinski definition) is 1. The van der Waals surface area contributed by atoms with Crippen LogP contribution >= 0.6 is 0 Å². The summed E-state index contributed by atoms with van der Waals surface area (Å²) in [4.78, 5) is 32.0. The maximum Gasteiger partial charge on any atom is 0.330 e. The summed E-state index contributed by atoms with van der Waals surface area (Å²) in [6.07, 6.45) is 5.30. The molecule has 1 fully saturated rings. The van der Waals surface area contributed by atoms with E-state index in [1.807, 2.05) is 29.2 Å². The van der Waals surface area contributed by atoms with Crippen LogP contribution in [-0.4, -0.2) is 70.3 Å².